The Morgan fingerprint density at radius 2 is 1.56 bits per heavy atom. The van der Waals surface area contributed by atoms with Crippen molar-refractivity contribution in [2.75, 3.05) is 11.9 Å². The molecule has 0 amide bonds. The van der Waals surface area contributed by atoms with E-state index < -0.39 is 0 Å². The van der Waals surface area contributed by atoms with E-state index in [0.717, 1.165) is 16.8 Å². The van der Waals surface area contributed by atoms with E-state index in [-0.39, 0.29) is 0 Å². The van der Waals surface area contributed by atoms with Gasteiger partial charge in [-0.25, -0.2) is 0 Å². The van der Waals surface area contributed by atoms with Crippen molar-refractivity contribution in [2.24, 2.45) is 0 Å². The molecular weight excluding hydrogens is 381 g/mol. The number of hydrogen-bond donors (Lipinski definition) is 1. The monoisotopic (exact) mass is 401 g/mol. The van der Waals surface area contributed by atoms with E-state index in [1.807, 2.05) is 73.7 Å². The highest BCUT2D eigenvalue weighted by Crippen LogP contribution is 2.34. The van der Waals surface area contributed by atoms with E-state index in [2.05, 4.69) is 5.32 Å². The van der Waals surface area contributed by atoms with Crippen molar-refractivity contribution in [1.82, 2.24) is 0 Å². The predicted molar refractivity (Wildman–Crippen MR) is 112 cm³/mol. The van der Waals surface area contributed by atoms with Gasteiger partial charge in [0, 0.05) is 28.3 Å². The van der Waals surface area contributed by atoms with Crippen molar-refractivity contribution >= 4 is 28.9 Å². The molecule has 0 saturated carbocycles. The molecule has 0 saturated heterocycles. The number of halogens is 2. The molecule has 1 N–H and O–H groups in total. The van der Waals surface area contributed by atoms with E-state index in [4.69, 9.17) is 32.7 Å². The molecule has 0 fully saturated rings. The van der Waals surface area contributed by atoms with E-state index in [0.29, 0.717) is 41.3 Å². The number of anilines is 1. The fourth-order valence-corrected chi connectivity index (χ4v) is 2.94. The Balaban J connectivity index is 1.73. The molecule has 0 unspecified atom stereocenters. The molecule has 0 aromatic heterocycles. The van der Waals surface area contributed by atoms with Gasteiger partial charge in [0.05, 0.1) is 6.61 Å². The van der Waals surface area contributed by atoms with Crippen LogP contribution in [0.3, 0.4) is 0 Å². The molecule has 3 aromatic rings. The molecule has 0 aliphatic rings. The number of para-hydroxylation sites is 1. The Morgan fingerprint density at radius 1 is 0.852 bits per heavy atom. The average Bonchev–Trinajstić information content (AvgIpc) is 2.69. The van der Waals surface area contributed by atoms with Crippen molar-refractivity contribution in [3.05, 3.63) is 87.9 Å². The van der Waals surface area contributed by atoms with Crippen molar-refractivity contribution in [2.45, 2.75) is 20.1 Å². The van der Waals surface area contributed by atoms with Gasteiger partial charge in [-0.05, 0) is 48.4 Å². The normalized spacial score (nSPS) is 10.5. The average molecular weight is 402 g/mol. The summed E-state index contributed by atoms with van der Waals surface area (Å²) in [6.45, 7) is 3.50. The van der Waals surface area contributed by atoms with Gasteiger partial charge < -0.3 is 14.8 Å². The van der Waals surface area contributed by atoms with Crippen LogP contribution in [0.1, 0.15) is 18.1 Å². The zero-order valence-corrected chi connectivity index (χ0v) is 16.6. The molecule has 0 aliphatic heterocycles. The van der Waals surface area contributed by atoms with Crippen LogP contribution in [-0.2, 0) is 13.2 Å². The summed E-state index contributed by atoms with van der Waals surface area (Å²) < 4.78 is 11.7. The lowest BCUT2D eigenvalue weighted by Gasteiger charge is -2.16. The first-order chi connectivity index (χ1) is 13.2. The zero-order chi connectivity index (χ0) is 19.1. The van der Waals surface area contributed by atoms with Gasteiger partial charge in [-0.3, -0.25) is 0 Å². The van der Waals surface area contributed by atoms with E-state index in [9.17, 15) is 0 Å². The van der Waals surface area contributed by atoms with Crippen LogP contribution in [0.5, 0.6) is 11.5 Å². The van der Waals surface area contributed by atoms with Gasteiger partial charge in [-0.2, -0.15) is 0 Å². The highest BCUT2D eigenvalue weighted by molar-refractivity contribution is 6.31. The molecule has 0 heterocycles. The van der Waals surface area contributed by atoms with Gasteiger partial charge in [0.15, 0.2) is 11.5 Å². The fourth-order valence-electron chi connectivity index (χ4n) is 2.59. The lowest BCUT2D eigenvalue weighted by Crippen LogP contribution is -2.04. The van der Waals surface area contributed by atoms with Crippen molar-refractivity contribution in [3.63, 3.8) is 0 Å². The number of benzene rings is 3. The lowest BCUT2D eigenvalue weighted by atomic mass is 10.2. The molecule has 0 atom stereocenters. The Labute approximate surface area is 169 Å². The van der Waals surface area contributed by atoms with Gasteiger partial charge in [0.1, 0.15) is 6.61 Å². The third-order valence-corrected chi connectivity index (χ3v) is 4.58. The second-order valence-corrected chi connectivity index (χ2v) is 6.80. The molecule has 0 bridgehead atoms. The van der Waals surface area contributed by atoms with E-state index in [1.54, 1.807) is 0 Å². The zero-order valence-electron chi connectivity index (χ0n) is 15.0. The first-order valence-corrected chi connectivity index (χ1v) is 9.52. The third kappa shape index (κ3) is 5.56. The van der Waals surface area contributed by atoms with E-state index in [1.165, 1.54) is 0 Å². The van der Waals surface area contributed by atoms with E-state index >= 15 is 0 Å². The van der Waals surface area contributed by atoms with Crippen LogP contribution in [0.15, 0.2) is 66.7 Å². The van der Waals surface area contributed by atoms with Crippen LogP contribution < -0.4 is 14.8 Å². The SMILES string of the molecule is CCOc1cc(CNc2ccccc2)c(Cl)cc1OCc1ccc(Cl)cc1. The summed E-state index contributed by atoms with van der Waals surface area (Å²) in [5.41, 5.74) is 3.00. The second-order valence-electron chi connectivity index (χ2n) is 5.96. The molecule has 0 spiro atoms. The van der Waals surface area contributed by atoms with Crippen LogP contribution in [0, 0.1) is 0 Å². The smallest absolute Gasteiger partial charge is 0.163 e. The molecule has 27 heavy (non-hydrogen) atoms. The maximum atomic E-state index is 6.48. The quantitative estimate of drug-likeness (QED) is 0.462. The Kier molecular flexibility index (Phi) is 6.86. The third-order valence-electron chi connectivity index (χ3n) is 3.98. The highest BCUT2D eigenvalue weighted by atomic mass is 35.5. The van der Waals surface area contributed by atoms with Crippen molar-refractivity contribution in [3.8, 4) is 11.5 Å². The molecule has 3 aromatic carbocycles. The van der Waals surface area contributed by atoms with Crippen LogP contribution in [0.2, 0.25) is 10.0 Å². The summed E-state index contributed by atoms with van der Waals surface area (Å²) in [7, 11) is 0. The topological polar surface area (TPSA) is 30.5 Å². The van der Waals surface area contributed by atoms with Crippen LogP contribution in [0.4, 0.5) is 5.69 Å². The molecular formula is C22H21Cl2NO2. The number of hydrogen-bond acceptors (Lipinski definition) is 3. The summed E-state index contributed by atoms with van der Waals surface area (Å²) in [5.74, 6) is 1.31. The summed E-state index contributed by atoms with van der Waals surface area (Å²) in [6.07, 6.45) is 0. The number of ether oxygens (including phenoxy) is 2. The number of nitrogens with one attached hydrogen (secondary N) is 1. The summed E-state index contributed by atoms with van der Waals surface area (Å²) in [6, 6.07) is 21.3. The van der Waals surface area contributed by atoms with Gasteiger partial charge in [-0.1, -0.05) is 53.5 Å². The van der Waals surface area contributed by atoms with Gasteiger partial charge in [-0.15, -0.1) is 0 Å². The molecule has 5 heteroatoms. The van der Waals surface area contributed by atoms with Gasteiger partial charge in [0.2, 0.25) is 0 Å². The van der Waals surface area contributed by atoms with Crippen LogP contribution in [-0.4, -0.2) is 6.61 Å². The molecule has 0 radical (unpaired) electrons. The summed E-state index contributed by atoms with van der Waals surface area (Å²) in [4.78, 5) is 0. The Morgan fingerprint density at radius 3 is 2.26 bits per heavy atom. The van der Waals surface area contributed by atoms with Gasteiger partial charge >= 0.3 is 0 Å². The second kappa shape index (κ2) is 9.54. The minimum absolute atomic E-state index is 0.412. The van der Waals surface area contributed by atoms with Crippen LogP contribution >= 0.6 is 23.2 Å². The Hall–Kier alpha value is -2.36. The minimum Gasteiger partial charge on any atom is -0.490 e. The minimum atomic E-state index is 0.412. The van der Waals surface area contributed by atoms with Gasteiger partial charge in [0.25, 0.3) is 0 Å². The first kappa shape index (κ1) is 19.4. The van der Waals surface area contributed by atoms with Crippen molar-refractivity contribution < 1.29 is 9.47 Å². The molecule has 0 aliphatic carbocycles. The Bertz CT molecular complexity index is 867. The maximum Gasteiger partial charge on any atom is 0.163 e. The molecule has 140 valence electrons. The largest absolute Gasteiger partial charge is 0.490 e. The summed E-state index contributed by atoms with van der Waals surface area (Å²) >= 11 is 12.4. The first-order valence-electron chi connectivity index (χ1n) is 8.77. The lowest BCUT2D eigenvalue weighted by molar-refractivity contribution is 0.269. The van der Waals surface area contributed by atoms with Crippen LogP contribution in [0.25, 0.3) is 0 Å². The standard InChI is InChI=1S/C22H21Cl2NO2/c1-2-26-21-12-17(14-25-19-6-4-3-5-7-19)20(24)13-22(21)27-15-16-8-10-18(23)11-9-16/h3-13,25H,2,14-15H2,1H3. The fraction of sp³-hybridized carbons (Fsp3) is 0.182. The molecule has 3 nitrogen and oxygen atoms in total. The highest BCUT2D eigenvalue weighted by Gasteiger charge is 2.12. The predicted octanol–water partition coefficient (Wildman–Crippen LogP) is 6.58. The molecule has 3 rings (SSSR count). The van der Waals surface area contributed by atoms with Crippen molar-refractivity contribution in [1.29, 1.82) is 0 Å². The number of rotatable bonds is 8. The maximum absolute atomic E-state index is 6.48. The summed E-state index contributed by atoms with van der Waals surface area (Å²) in [5, 5.41) is 4.69.